The lowest BCUT2D eigenvalue weighted by Crippen LogP contribution is -2.14. The summed E-state index contributed by atoms with van der Waals surface area (Å²) in [6.45, 7) is 2.30. The van der Waals surface area contributed by atoms with E-state index in [9.17, 15) is 14.9 Å². The number of carboxylic acid groups (broad SMARTS) is 1. The zero-order valence-corrected chi connectivity index (χ0v) is 16.7. The minimum Gasteiger partial charge on any atom is -0.493 e. The maximum Gasteiger partial charge on any atom is 0.335 e. The molecule has 2 aromatic carbocycles. The van der Waals surface area contributed by atoms with Crippen LogP contribution in [0.5, 0.6) is 11.5 Å². The van der Waals surface area contributed by atoms with Crippen molar-refractivity contribution < 1.29 is 24.2 Å². The van der Waals surface area contributed by atoms with E-state index in [2.05, 4.69) is 21.2 Å². The van der Waals surface area contributed by atoms with E-state index in [0.717, 1.165) is 0 Å². The molecule has 0 saturated carbocycles. The molecule has 0 fully saturated rings. The van der Waals surface area contributed by atoms with Crippen LogP contribution >= 0.6 is 15.9 Å². The fourth-order valence-corrected chi connectivity index (χ4v) is 2.76. The first-order valence-corrected chi connectivity index (χ1v) is 8.95. The van der Waals surface area contributed by atoms with Gasteiger partial charge in [0.25, 0.3) is 5.91 Å². The Balaban J connectivity index is 2.33. The standard InChI is InChI=1S/C20H17BrN2O5/c1-3-28-18-10-16(21)13(9-17(18)27-2)7-14(11-22)19(24)23-15-6-4-5-12(8-15)20(25)26/h4-10H,3H2,1-2H3,(H,23,24)(H,25,26)/b14-7-. The van der Waals surface area contributed by atoms with Gasteiger partial charge >= 0.3 is 5.97 Å². The Morgan fingerprint density at radius 3 is 2.64 bits per heavy atom. The number of hydrogen-bond acceptors (Lipinski definition) is 5. The van der Waals surface area contributed by atoms with E-state index in [1.807, 2.05) is 13.0 Å². The minimum absolute atomic E-state index is 0.0271. The third-order valence-corrected chi connectivity index (χ3v) is 4.30. The number of aromatic carboxylic acids is 1. The third kappa shape index (κ3) is 5.11. The first-order chi connectivity index (χ1) is 13.4. The van der Waals surface area contributed by atoms with Gasteiger partial charge in [0.15, 0.2) is 11.5 Å². The Morgan fingerprint density at radius 1 is 1.29 bits per heavy atom. The van der Waals surface area contributed by atoms with Crippen molar-refractivity contribution in [1.29, 1.82) is 5.26 Å². The summed E-state index contributed by atoms with van der Waals surface area (Å²) in [6, 6.07) is 10.9. The Kier molecular flexibility index (Phi) is 7.18. The second-order valence-corrected chi connectivity index (χ2v) is 6.32. The first-order valence-electron chi connectivity index (χ1n) is 8.16. The first kappa shape index (κ1) is 21.0. The van der Waals surface area contributed by atoms with Gasteiger partial charge in [0.2, 0.25) is 0 Å². The molecule has 0 unspecified atom stereocenters. The van der Waals surface area contributed by atoms with Crippen molar-refractivity contribution in [2.24, 2.45) is 0 Å². The molecule has 0 heterocycles. The number of carboxylic acids is 1. The van der Waals surface area contributed by atoms with Gasteiger partial charge in [-0.15, -0.1) is 0 Å². The van der Waals surface area contributed by atoms with Crippen molar-refractivity contribution >= 4 is 39.6 Å². The number of ether oxygens (including phenoxy) is 2. The Hall–Kier alpha value is -3.31. The van der Waals surface area contributed by atoms with Crippen LogP contribution in [0.15, 0.2) is 46.4 Å². The van der Waals surface area contributed by atoms with Gasteiger partial charge in [-0.25, -0.2) is 4.79 Å². The molecule has 0 aliphatic rings. The second kappa shape index (κ2) is 9.58. The van der Waals surface area contributed by atoms with Crippen LogP contribution < -0.4 is 14.8 Å². The van der Waals surface area contributed by atoms with Crippen LogP contribution in [0.1, 0.15) is 22.8 Å². The number of methoxy groups -OCH3 is 1. The van der Waals surface area contributed by atoms with Gasteiger partial charge in [-0.3, -0.25) is 4.79 Å². The Bertz CT molecular complexity index is 979. The van der Waals surface area contributed by atoms with Gasteiger partial charge in [0, 0.05) is 10.2 Å². The summed E-state index contributed by atoms with van der Waals surface area (Å²) in [7, 11) is 1.49. The van der Waals surface area contributed by atoms with Crippen molar-refractivity contribution in [3.05, 3.63) is 57.6 Å². The molecule has 2 aromatic rings. The van der Waals surface area contributed by atoms with Crippen molar-refractivity contribution in [3.8, 4) is 17.6 Å². The zero-order chi connectivity index (χ0) is 20.7. The predicted octanol–water partition coefficient (Wildman–Crippen LogP) is 4.10. The number of amides is 1. The molecule has 7 nitrogen and oxygen atoms in total. The van der Waals surface area contributed by atoms with Crippen LogP contribution in [0.25, 0.3) is 6.08 Å². The normalized spacial score (nSPS) is 10.7. The maximum atomic E-state index is 12.4. The number of hydrogen-bond donors (Lipinski definition) is 2. The van der Waals surface area contributed by atoms with Crippen molar-refractivity contribution in [2.45, 2.75) is 6.92 Å². The van der Waals surface area contributed by atoms with Crippen molar-refractivity contribution in [2.75, 3.05) is 19.0 Å². The predicted molar refractivity (Wildman–Crippen MR) is 107 cm³/mol. The van der Waals surface area contributed by atoms with Gasteiger partial charge < -0.3 is 19.9 Å². The number of nitriles is 1. The molecular formula is C20H17BrN2O5. The van der Waals surface area contributed by atoms with Crippen LogP contribution in [0.4, 0.5) is 5.69 Å². The average molecular weight is 445 g/mol. The fraction of sp³-hybridized carbons (Fsp3) is 0.150. The summed E-state index contributed by atoms with van der Waals surface area (Å²) in [5.41, 5.74) is 0.688. The molecule has 1 amide bonds. The summed E-state index contributed by atoms with van der Waals surface area (Å²) in [6.07, 6.45) is 1.40. The lowest BCUT2D eigenvalue weighted by Gasteiger charge is -2.12. The highest BCUT2D eigenvalue weighted by Gasteiger charge is 2.14. The molecule has 0 aromatic heterocycles. The van der Waals surface area contributed by atoms with E-state index in [1.54, 1.807) is 12.1 Å². The molecule has 0 spiro atoms. The minimum atomic E-state index is -1.11. The average Bonchev–Trinajstić information content (AvgIpc) is 2.67. The van der Waals surface area contributed by atoms with E-state index < -0.39 is 11.9 Å². The quantitative estimate of drug-likeness (QED) is 0.491. The summed E-state index contributed by atoms with van der Waals surface area (Å²) in [5, 5.41) is 20.9. The number of halogens is 1. The molecule has 144 valence electrons. The molecular weight excluding hydrogens is 428 g/mol. The lowest BCUT2D eigenvalue weighted by atomic mass is 10.1. The molecule has 8 heteroatoms. The topological polar surface area (TPSA) is 109 Å². The van der Waals surface area contributed by atoms with Gasteiger partial charge in [-0.1, -0.05) is 22.0 Å². The second-order valence-electron chi connectivity index (χ2n) is 5.47. The molecule has 28 heavy (non-hydrogen) atoms. The van der Waals surface area contributed by atoms with Crippen LogP contribution in [-0.4, -0.2) is 30.7 Å². The summed E-state index contributed by atoms with van der Waals surface area (Å²) >= 11 is 3.39. The molecule has 2 N–H and O–H groups in total. The molecule has 2 rings (SSSR count). The zero-order valence-electron chi connectivity index (χ0n) is 15.2. The third-order valence-electron chi connectivity index (χ3n) is 3.62. The molecule has 0 atom stereocenters. The summed E-state index contributed by atoms with van der Waals surface area (Å²) in [4.78, 5) is 23.5. The fourth-order valence-electron chi connectivity index (χ4n) is 2.32. The number of benzene rings is 2. The monoisotopic (exact) mass is 444 g/mol. The smallest absolute Gasteiger partial charge is 0.335 e. The number of carbonyl (C=O) groups is 2. The van der Waals surface area contributed by atoms with Crippen molar-refractivity contribution in [1.82, 2.24) is 0 Å². The number of nitrogens with one attached hydrogen (secondary N) is 1. The Morgan fingerprint density at radius 2 is 2.04 bits per heavy atom. The maximum absolute atomic E-state index is 12.4. The van der Waals surface area contributed by atoms with E-state index in [-0.39, 0.29) is 16.8 Å². The van der Waals surface area contributed by atoms with E-state index in [4.69, 9.17) is 14.6 Å². The molecule has 0 radical (unpaired) electrons. The van der Waals surface area contributed by atoms with Gasteiger partial charge in [-0.05, 0) is 48.9 Å². The Labute approximate surface area is 170 Å². The molecule has 0 aliphatic carbocycles. The van der Waals surface area contributed by atoms with Gasteiger partial charge in [0.05, 0.1) is 19.3 Å². The van der Waals surface area contributed by atoms with Crippen LogP contribution in [0.3, 0.4) is 0 Å². The largest absolute Gasteiger partial charge is 0.493 e. The van der Waals surface area contributed by atoms with Crippen molar-refractivity contribution in [3.63, 3.8) is 0 Å². The summed E-state index contributed by atoms with van der Waals surface area (Å²) < 4.78 is 11.4. The van der Waals surface area contributed by atoms with Crippen LogP contribution in [-0.2, 0) is 4.79 Å². The SMILES string of the molecule is CCOc1cc(Br)c(/C=C(/C#N)C(=O)Nc2cccc(C(=O)O)c2)cc1OC. The number of rotatable bonds is 7. The van der Waals surface area contributed by atoms with E-state index in [0.29, 0.717) is 28.1 Å². The highest BCUT2D eigenvalue weighted by Crippen LogP contribution is 2.34. The highest BCUT2D eigenvalue weighted by atomic mass is 79.9. The number of anilines is 1. The van der Waals surface area contributed by atoms with Crippen LogP contribution in [0, 0.1) is 11.3 Å². The number of nitrogens with zero attached hydrogens (tertiary/aromatic N) is 1. The van der Waals surface area contributed by atoms with E-state index in [1.165, 1.54) is 37.5 Å². The summed E-state index contributed by atoms with van der Waals surface area (Å²) in [5.74, 6) is -0.784. The van der Waals surface area contributed by atoms with Crippen LogP contribution in [0.2, 0.25) is 0 Å². The van der Waals surface area contributed by atoms with E-state index >= 15 is 0 Å². The molecule has 0 aliphatic heterocycles. The molecule has 0 saturated heterocycles. The van der Waals surface area contributed by atoms with Gasteiger partial charge in [-0.2, -0.15) is 5.26 Å². The lowest BCUT2D eigenvalue weighted by molar-refractivity contribution is -0.112. The van der Waals surface area contributed by atoms with Gasteiger partial charge in [0.1, 0.15) is 11.6 Å². The number of carbonyl (C=O) groups excluding carboxylic acids is 1. The highest BCUT2D eigenvalue weighted by molar-refractivity contribution is 9.10. The molecule has 0 bridgehead atoms.